The fourth-order valence-electron chi connectivity index (χ4n) is 11.1. The molecular formula is C24H37NO7. The van der Waals surface area contributed by atoms with Crippen LogP contribution < -0.4 is 5.32 Å². The van der Waals surface area contributed by atoms with Gasteiger partial charge in [0.25, 0.3) is 0 Å². The largest absolute Gasteiger partial charge is 0.390 e. The molecule has 7 bridgehead atoms. The first-order chi connectivity index (χ1) is 15.5. The molecule has 2 heterocycles. The Morgan fingerprint density at radius 2 is 1.94 bits per heavy atom. The van der Waals surface area contributed by atoms with Gasteiger partial charge < -0.3 is 38.8 Å². The van der Waals surface area contributed by atoms with Crippen molar-refractivity contribution in [2.24, 2.45) is 34.5 Å². The smallest absolute Gasteiger partial charge is 0.148 e. The second-order valence-corrected chi connectivity index (χ2v) is 11.6. The minimum Gasteiger partial charge on any atom is -0.390 e. The first-order valence-corrected chi connectivity index (χ1v) is 12.3. The number of aliphatic hydroxyl groups is 1. The molecule has 0 aromatic rings. The Morgan fingerprint density at radius 3 is 2.66 bits per heavy atom. The Labute approximate surface area is 189 Å². The summed E-state index contributed by atoms with van der Waals surface area (Å²) in [4.78, 5) is 0. The maximum Gasteiger partial charge on any atom is 0.148 e. The minimum atomic E-state index is -0.835. The maximum atomic E-state index is 12.4. The molecule has 5 saturated carbocycles. The molecule has 7 rings (SSSR count). The molecule has 0 amide bonds. The van der Waals surface area contributed by atoms with Gasteiger partial charge in [0, 0.05) is 70.0 Å². The van der Waals surface area contributed by atoms with Crippen LogP contribution in [0.5, 0.6) is 0 Å². The topological polar surface area (TPSA) is 87.6 Å². The summed E-state index contributed by atoms with van der Waals surface area (Å²) in [5.74, 6) is 0.799. The Balaban J connectivity index is 1.52. The van der Waals surface area contributed by atoms with E-state index in [2.05, 4.69) is 5.32 Å². The molecule has 5 aliphatic carbocycles. The first-order valence-electron chi connectivity index (χ1n) is 12.3. The van der Waals surface area contributed by atoms with Gasteiger partial charge in [-0.1, -0.05) is 0 Å². The second kappa shape index (κ2) is 6.46. The van der Waals surface area contributed by atoms with Crippen molar-refractivity contribution in [2.45, 2.75) is 67.3 Å². The summed E-state index contributed by atoms with van der Waals surface area (Å²) in [6.07, 6.45) is 3.14. The monoisotopic (exact) mass is 451 g/mol. The zero-order valence-corrected chi connectivity index (χ0v) is 19.5. The molecule has 0 unspecified atom stereocenters. The van der Waals surface area contributed by atoms with E-state index in [1.54, 1.807) is 14.2 Å². The summed E-state index contributed by atoms with van der Waals surface area (Å²) in [5.41, 5.74) is -1.86. The summed E-state index contributed by atoms with van der Waals surface area (Å²) < 4.78 is 37.7. The van der Waals surface area contributed by atoms with Crippen LogP contribution in [-0.2, 0) is 28.4 Å². The fraction of sp³-hybridized carbons (Fsp3) is 1.00. The highest BCUT2D eigenvalue weighted by Crippen LogP contribution is 2.81. The minimum absolute atomic E-state index is 0.0240. The second-order valence-electron chi connectivity index (χ2n) is 11.6. The lowest BCUT2D eigenvalue weighted by Gasteiger charge is -2.67. The van der Waals surface area contributed by atoms with Gasteiger partial charge in [-0.25, -0.2) is 0 Å². The van der Waals surface area contributed by atoms with Crippen LogP contribution in [0.1, 0.15) is 25.7 Å². The normalized spacial score (nSPS) is 63.5. The molecule has 32 heavy (non-hydrogen) atoms. The molecule has 3 spiro atoms. The lowest BCUT2D eigenvalue weighted by atomic mass is 9.43. The quantitative estimate of drug-likeness (QED) is 0.627. The highest BCUT2D eigenvalue weighted by Gasteiger charge is 2.92. The van der Waals surface area contributed by atoms with Gasteiger partial charge in [0.05, 0.1) is 37.1 Å². The predicted octanol–water partition coefficient (Wildman–Crippen LogP) is 0.558. The van der Waals surface area contributed by atoms with Gasteiger partial charge in [0.15, 0.2) is 0 Å². The number of ether oxygens (including phenoxy) is 6. The molecule has 8 heteroatoms. The Kier molecular flexibility index (Phi) is 4.24. The summed E-state index contributed by atoms with van der Waals surface area (Å²) in [6.45, 7) is 1.66. The van der Waals surface area contributed by atoms with Gasteiger partial charge in [-0.3, -0.25) is 0 Å². The first kappa shape index (κ1) is 21.0. The highest BCUT2D eigenvalue weighted by atomic mass is 16.7. The van der Waals surface area contributed by atoms with Crippen molar-refractivity contribution in [3.05, 3.63) is 0 Å². The molecule has 0 radical (unpaired) electrons. The number of rotatable bonds is 5. The maximum absolute atomic E-state index is 12.4. The summed E-state index contributed by atoms with van der Waals surface area (Å²) in [7, 11) is 7.24. The van der Waals surface area contributed by atoms with Crippen molar-refractivity contribution in [1.82, 2.24) is 5.32 Å². The summed E-state index contributed by atoms with van der Waals surface area (Å²) in [5, 5.41) is 16.3. The van der Waals surface area contributed by atoms with Crippen molar-refractivity contribution < 1.29 is 33.5 Å². The Hall–Kier alpha value is -0.320. The zero-order chi connectivity index (χ0) is 22.1. The average molecular weight is 452 g/mol. The molecule has 180 valence electrons. The number of piperidine rings is 1. The number of methoxy groups -OCH3 is 4. The molecular weight excluding hydrogens is 414 g/mol. The molecule has 7 aliphatic rings. The average Bonchev–Trinajstić information content (AvgIpc) is 3.36. The Morgan fingerprint density at radius 1 is 1.09 bits per heavy atom. The third kappa shape index (κ3) is 1.82. The van der Waals surface area contributed by atoms with Crippen molar-refractivity contribution in [3.63, 3.8) is 0 Å². The van der Waals surface area contributed by atoms with Crippen LogP contribution in [0, 0.1) is 34.5 Å². The van der Waals surface area contributed by atoms with Gasteiger partial charge >= 0.3 is 0 Å². The molecule has 2 aliphatic heterocycles. The molecule has 8 nitrogen and oxygen atoms in total. The van der Waals surface area contributed by atoms with Crippen molar-refractivity contribution >= 4 is 0 Å². The predicted molar refractivity (Wildman–Crippen MR) is 112 cm³/mol. The van der Waals surface area contributed by atoms with E-state index in [1.807, 2.05) is 14.2 Å². The van der Waals surface area contributed by atoms with E-state index in [0.717, 1.165) is 32.2 Å². The van der Waals surface area contributed by atoms with E-state index in [0.29, 0.717) is 18.4 Å². The Bertz CT molecular complexity index is 813. The number of hydrogen-bond acceptors (Lipinski definition) is 8. The van der Waals surface area contributed by atoms with Gasteiger partial charge in [-0.05, 0) is 25.2 Å². The van der Waals surface area contributed by atoms with Crippen molar-refractivity contribution in [2.75, 3.05) is 48.4 Å². The lowest BCUT2D eigenvalue weighted by Crippen LogP contribution is -2.80. The molecule has 13 atom stereocenters. The van der Waals surface area contributed by atoms with Crippen LogP contribution in [0.15, 0.2) is 0 Å². The summed E-state index contributed by atoms with van der Waals surface area (Å²) >= 11 is 0. The van der Waals surface area contributed by atoms with Gasteiger partial charge in [0.2, 0.25) is 0 Å². The van der Waals surface area contributed by atoms with E-state index in [1.165, 1.54) is 0 Å². The molecule has 0 aromatic heterocycles. The number of fused-ring (bicyclic) bond motifs is 1. The van der Waals surface area contributed by atoms with Crippen molar-refractivity contribution in [3.8, 4) is 0 Å². The third-order valence-corrected chi connectivity index (χ3v) is 11.5. The third-order valence-electron chi connectivity index (χ3n) is 11.5. The SMILES string of the molecule is COC[C@@]12CC[C@H](OC)[C@@]34[C@@H]5C[C@H]6[C@H](OC)[C@@H]5[C@@]5(C[C@@H]6OC)OCO[C@@]5([C@@H](O)[C@H]13)[C@H]4NC2. The van der Waals surface area contributed by atoms with E-state index in [4.69, 9.17) is 28.4 Å². The molecule has 2 saturated heterocycles. The van der Waals surface area contributed by atoms with Gasteiger partial charge in [0.1, 0.15) is 18.0 Å². The van der Waals surface area contributed by atoms with E-state index < -0.39 is 17.3 Å². The number of nitrogens with one attached hydrogen (secondary N) is 1. The van der Waals surface area contributed by atoms with Gasteiger partial charge in [-0.2, -0.15) is 0 Å². The molecule has 0 aromatic carbocycles. The number of aliphatic hydroxyl groups excluding tert-OH is 1. The van der Waals surface area contributed by atoms with E-state index in [9.17, 15) is 5.11 Å². The van der Waals surface area contributed by atoms with Crippen LogP contribution in [0.25, 0.3) is 0 Å². The van der Waals surface area contributed by atoms with Crippen molar-refractivity contribution in [1.29, 1.82) is 0 Å². The zero-order valence-electron chi connectivity index (χ0n) is 19.5. The van der Waals surface area contributed by atoms with E-state index in [-0.39, 0.29) is 53.8 Å². The highest BCUT2D eigenvalue weighted by molar-refractivity contribution is 5.42. The molecule has 2 N–H and O–H groups in total. The number of hydrogen-bond donors (Lipinski definition) is 2. The fourth-order valence-corrected chi connectivity index (χ4v) is 11.1. The van der Waals surface area contributed by atoms with E-state index >= 15 is 0 Å². The standard InChI is InChI=1S/C24H37NO7/c1-27-10-21-6-5-15(29-3)23-13-7-12-14(28-2)8-22(16(13)17(12)30-4)24(32-11-31-22,19(26)18(21)23)20(23)25-9-21/h12-20,25-26H,5-11H2,1-4H3/t12-,13-,14+,15+,16-,17+,18-,19+,20+,21+,22-,23+,24+/m1/s1. The van der Waals surface area contributed by atoms with Crippen LogP contribution in [0.4, 0.5) is 0 Å². The van der Waals surface area contributed by atoms with Crippen LogP contribution >= 0.6 is 0 Å². The van der Waals surface area contributed by atoms with Crippen LogP contribution in [-0.4, -0.2) is 95.2 Å². The van der Waals surface area contributed by atoms with Gasteiger partial charge in [-0.15, -0.1) is 0 Å². The van der Waals surface area contributed by atoms with Crippen LogP contribution in [0.3, 0.4) is 0 Å². The lowest BCUT2D eigenvalue weighted by molar-refractivity contribution is -0.261. The summed E-state index contributed by atoms with van der Waals surface area (Å²) in [6, 6.07) is -0.0270. The van der Waals surface area contributed by atoms with Crippen LogP contribution in [0.2, 0.25) is 0 Å². The molecule has 7 fully saturated rings.